The van der Waals surface area contributed by atoms with Crippen molar-refractivity contribution >= 4 is 52.2 Å². The fraction of sp³-hybridized carbons (Fsp3) is 0.179. The van der Waals surface area contributed by atoms with Crippen LogP contribution in [0.25, 0.3) is 6.08 Å². The quantitative estimate of drug-likeness (QED) is 0.326. The number of aryl methyl sites for hydroxylation is 2. The normalized spacial score (nSPS) is 14.2. The van der Waals surface area contributed by atoms with E-state index in [0.717, 1.165) is 27.8 Å². The predicted molar refractivity (Wildman–Crippen MR) is 146 cm³/mol. The number of rotatable bonds is 8. The van der Waals surface area contributed by atoms with Crippen LogP contribution in [0.15, 0.2) is 59.5 Å². The fourth-order valence-corrected chi connectivity index (χ4v) is 4.89. The van der Waals surface area contributed by atoms with E-state index < -0.39 is 29.4 Å². The van der Waals surface area contributed by atoms with E-state index in [1.54, 1.807) is 24.3 Å². The fourth-order valence-electron chi connectivity index (χ4n) is 3.84. The highest BCUT2D eigenvalue weighted by Crippen LogP contribution is 2.35. The summed E-state index contributed by atoms with van der Waals surface area (Å²) in [6, 6.07) is 14.9. The van der Waals surface area contributed by atoms with Gasteiger partial charge in [-0.1, -0.05) is 41.9 Å². The molecule has 38 heavy (non-hydrogen) atoms. The number of para-hydroxylation sites is 1. The number of nitrogens with zero attached hydrogens (tertiary/aromatic N) is 1. The second-order valence-corrected chi connectivity index (χ2v) is 9.88. The Hall–Kier alpha value is -3.82. The molecule has 10 heteroatoms. The van der Waals surface area contributed by atoms with Gasteiger partial charge in [-0.05, 0) is 72.6 Å². The molecule has 0 bridgehead atoms. The zero-order valence-electron chi connectivity index (χ0n) is 20.8. The van der Waals surface area contributed by atoms with Gasteiger partial charge < -0.3 is 14.8 Å². The van der Waals surface area contributed by atoms with E-state index in [-0.39, 0.29) is 22.1 Å². The van der Waals surface area contributed by atoms with Crippen LogP contribution < -0.4 is 14.8 Å². The largest absolute Gasteiger partial charge is 0.493 e. The number of carbonyl (C=O) groups is 3. The molecule has 0 spiro atoms. The van der Waals surface area contributed by atoms with Crippen molar-refractivity contribution in [2.45, 2.75) is 20.5 Å². The molecule has 1 aliphatic rings. The SMILES string of the molecule is COc1ccc(/C=C2/SC(=O)N(CC(=O)Nc3c(C)cccc3C)C2=O)cc1OCc1c(F)cccc1Cl. The summed E-state index contributed by atoms with van der Waals surface area (Å²) < 4.78 is 25.3. The molecule has 3 aromatic rings. The van der Waals surface area contributed by atoms with Crippen molar-refractivity contribution in [2.75, 3.05) is 19.0 Å². The molecule has 4 rings (SSSR count). The molecule has 3 aromatic carbocycles. The van der Waals surface area contributed by atoms with Crippen LogP contribution in [0.2, 0.25) is 5.02 Å². The summed E-state index contributed by atoms with van der Waals surface area (Å²) in [5.41, 5.74) is 3.15. The molecule has 196 valence electrons. The molecule has 0 aliphatic carbocycles. The minimum absolute atomic E-state index is 0.142. The molecule has 1 fully saturated rings. The predicted octanol–water partition coefficient (Wildman–Crippen LogP) is 6.36. The number of nitrogens with one attached hydrogen (secondary N) is 1. The Bertz CT molecular complexity index is 1420. The van der Waals surface area contributed by atoms with E-state index in [0.29, 0.717) is 22.7 Å². The van der Waals surface area contributed by atoms with Crippen molar-refractivity contribution in [2.24, 2.45) is 0 Å². The van der Waals surface area contributed by atoms with Crippen molar-refractivity contribution in [3.63, 3.8) is 0 Å². The van der Waals surface area contributed by atoms with Crippen molar-refractivity contribution in [3.05, 3.63) is 92.6 Å². The monoisotopic (exact) mass is 554 g/mol. The first kappa shape index (κ1) is 27.2. The number of thioether (sulfide) groups is 1. The Labute approximate surface area is 228 Å². The molecular formula is C28H24ClFN2O5S. The second-order valence-electron chi connectivity index (χ2n) is 8.48. The molecule has 0 aromatic heterocycles. The smallest absolute Gasteiger partial charge is 0.294 e. The summed E-state index contributed by atoms with van der Waals surface area (Å²) in [7, 11) is 1.47. The van der Waals surface area contributed by atoms with Gasteiger partial charge >= 0.3 is 0 Å². The maximum atomic E-state index is 14.1. The summed E-state index contributed by atoms with van der Waals surface area (Å²) in [6.45, 7) is 3.18. The van der Waals surface area contributed by atoms with Gasteiger partial charge in [0.15, 0.2) is 11.5 Å². The average molecular weight is 555 g/mol. The van der Waals surface area contributed by atoms with E-state index >= 15 is 0 Å². The number of anilines is 1. The topological polar surface area (TPSA) is 84.9 Å². The molecule has 3 amide bonds. The number of ether oxygens (including phenoxy) is 2. The van der Waals surface area contributed by atoms with E-state index in [2.05, 4.69) is 5.32 Å². The number of hydrogen-bond donors (Lipinski definition) is 1. The maximum absolute atomic E-state index is 14.1. The van der Waals surface area contributed by atoms with Gasteiger partial charge in [0.2, 0.25) is 5.91 Å². The lowest BCUT2D eigenvalue weighted by molar-refractivity contribution is -0.127. The van der Waals surface area contributed by atoms with Crippen LogP contribution in [0.4, 0.5) is 14.9 Å². The molecule has 0 atom stereocenters. The first-order chi connectivity index (χ1) is 18.2. The molecule has 1 heterocycles. The third kappa shape index (κ3) is 6.00. The number of imide groups is 1. The lowest BCUT2D eigenvalue weighted by Crippen LogP contribution is -2.36. The molecule has 0 unspecified atom stereocenters. The van der Waals surface area contributed by atoms with Crippen molar-refractivity contribution in [3.8, 4) is 11.5 Å². The van der Waals surface area contributed by atoms with E-state index in [4.69, 9.17) is 21.1 Å². The highest BCUT2D eigenvalue weighted by molar-refractivity contribution is 8.18. The van der Waals surface area contributed by atoms with E-state index in [1.807, 2.05) is 32.0 Å². The van der Waals surface area contributed by atoms with Gasteiger partial charge in [0.1, 0.15) is 19.0 Å². The number of carbonyl (C=O) groups excluding carboxylic acids is 3. The van der Waals surface area contributed by atoms with Gasteiger partial charge in [0, 0.05) is 11.3 Å². The van der Waals surface area contributed by atoms with Gasteiger partial charge in [0.05, 0.1) is 17.0 Å². The summed E-state index contributed by atoms with van der Waals surface area (Å²) in [6.07, 6.45) is 1.52. The number of halogens is 2. The Morgan fingerprint density at radius 2 is 1.79 bits per heavy atom. The van der Waals surface area contributed by atoms with Gasteiger partial charge in [-0.15, -0.1) is 0 Å². The van der Waals surface area contributed by atoms with Gasteiger partial charge in [-0.25, -0.2) is 4.39 Å². The van der Waals surface area contributed by atoms with Crippen LogP contribution >= 0.6 is 23.4 Å². The van der Waals surface area contributed by atoms with Gasteiger partial charge in [0.25, 0.3) is 11.1 Å². The Morgan fingerprint density at radius 1 is 1.08 bits per heavy atom. The molecule has 1 N–H and O–H groups in total. The van der Waals surface area contributed by atoms with Crippen LogP contribution in [-0.2, 0) is 16.2 Å². The minimum Gasteiger partial charge on any atom is -0.493 e. The van der Waals surface area contributed by atoms with Gasteiger partial charge in [-0.3, -0.25) is 19.3 Å². The third-order valence-corrected chi connectivity index (χ3v) is 7.10. The summed E-state index contributed by atoms with van der Waals surface area (Å²) in [5.74, 6) is -0.854. The van der Waals surface area contributed by atoms with Crippen LogP contribution in [-0.4, -0.2) is 35.6 Å². The molecule has 1 saturated heterocycles. The van der Waals surface area contributed by atoms with Crippen molar-refractivity contribution in [1.29, 1.82) is 0 Å². The highest BCUT2D eigenvalue weighted by Gasteiger charge is 2.36. The zero-order valence-corrected chi connectivity index (χ0v) is 22.4. The Morgan fingerprint density at radius 3 is 2.47 bits per heavy atom. The van der Waals surface area contributed by atoms with Crippen molar-refractivity contribution in [1.82, 2.24) is 4.90 Å². The second kappa shape index (κ2) is 11.7. The highest BCUT2D eigenvalue weighted by atomic mass is 35.5. The summed E-state index contributed by atoms with van der Waals surface area (Å²) in [5, 5.41) is 2.47. The van der Waals surface area contributed by atoms with E-state index in [9.17, 15) is 18.8 Å². The lowest BCUT2D eigenvalue weighted by Gasteiger charge is -2.15. The Balaban J connectivity index is 1.49. The van der Waals surface area contributed by atoms with Crippen LogP contribution in [0.5, 0.6) is 11.5 Å². The van der Waals surface area contributed by atoms with Gasteiger partial charge in [-0.2, -0.15) is 0 Å². The van der Waals surface area contributed by atoms with Crippen molar-refractivity contribution < 1.29 is 28.2 Å². The lowest BCUT2D eigenvalue weighted by atomic mass is 10.1. The minimum atomic E-state index is -0.576. The van der Waals surface area contributed by atoms with E-state index in [1.165, 1.54) is 25.3 Å². The molecule has 1 aliphatic heterocycles. The first-order valence-corrected chi connectivity index (χ1v) is 12.7. The molecule has 0 radical (unpaired) electrons. The third-order valence-electron chi connectivity index (χ3n) is 5.84. The zero-order chi connectivity index (χ0) is 27.4. The van der Waals surface area contributed by atoms with Crippen LogP contribution in [0, 0.1) is 19.7 Å². The average Bonchev–Trinajstić information content (AvgIpc) is 3.13. The van der Waals surface area contributed by atoms with Crippen LogP contribution in [0.1, 0.15) is 22.3 Å². The molecular weight excluding hydrogens is 531 g/mol. The maximum Gasteiger partial charge on any atom is 0.294 e. The molecule has 7 nitrogen and oxygen atoms in total. The Kier molecular flexibility index (Phi) is 8.38. The number of amides is 3. The number of benzene rings is 3. The number of hydrogen-bond acceptors (Lipinski definition) is 6. The summed E-state index contributed by atoms with van der Waals surface area (Å²) >= 11 is 6.83. The first-order valence-electron chi connectivity index (χ1n) is 11.5. The standard InChI is InChI=1S/C28H24ClFN2O5S/c1-16-6-4-7-17(2)26(16)31-25(33)14-32-27(34)24(38-28(32)35)13-18-10-11-22(36-3)23(12-18)37-15-19-20(29)8-5-9-21(19)30/h4-13H,14-15H2,1-3H3,(H,31,33)/b24-13+. The molecule has 0 saturated carbocycles. The summed E-state index contributed by atoms with van der Waals surface area (Å²) in [4.78, 5) is 39.2. The number of methoxy groups -OCH3 is 1. The van der Waals surface area contributed by atoms with Crippen LogP contribution in [0.3, 0.4) is 0 Å².